The van der Waals surface area contributed by atoms with Gasteiger partial charge >= 0.3 is 12.2 Å². The lowest BCUT2D eigenvalue weighted by atomic mass is 10.2. The monoisotopic (exact) mass is 421 g/mol. The number of alkyl halides is 3. The topological polar surface area (TPSA) is 63.2 Å². The standard InChI is InChI=1S/C20H15ClF3N3O2/c21-15-7-3-13(4-8-15)12-29-17-2-1-11-25-18(17)27-19(28)26-16-9-5-14(6-10-16)20(22,23)24/h1-11H,12H2,(H2,25,26,27,28). The maximum Gasteiger partial charge on any atom is 0.416 e. The Morgan fingerprint density at radius 3 is 2.34 bits per heavy atom. The molecule has 0 saturated carbocycles. The van der Waals surface area contributed by atoms with E-state index in [-0.39, 0.29) is 18.1 Å². The van der Waals surface area contributed by atoms with Crippen LogP contribution in [0.25, 0.3) is 0 Å². The first kappa shape index (κ1) is 20.5. The molecule has 0 aliphatic heterocycles. The van der Waals surface area contributed by atoms with Crippen molar-refractivity contribution >= 4 is 29.1 Å². The maximum absolute atomic E-state index is 12.6. The molecule has 1 aromatic heterocycles. The highest BCUT2D eigenvalue weighted by Crippen LogP contribution is 2.30. The van der Waals surface area contributed by atoms with Crippen molar-refractivity contribution in [1.82, 2.24) is 4.98 Å². The summed E-state index contributed by atoms with van der Waals surface area (Å²) in [5.74, 6) is 0.510. The largest absolute Gasteiger partial charge is 0.485 e. The minimum Gasteiger partial charge on any atom is -0.485 e. The van der Waals surface area contributed by atoms with E-state index >= 15 is 0 Å². The van der Waals surface area contributed by atoms with Gasteiger partial charge in [-0.25, -0.2) is 9.78 Å². The summed E-state index contributed by atoms with van der Waals surface area (Å²) in [5, 5.41) is 5.58. The van der Waals surface area contributed by atoms with Gasteiger partial charge in [-0.05, 0) is 54.1 Å². The number of anilines is 2. The van der Waals surface area contributed by atoms with Crippen molar-refractivity contribution < 1.29 is 22.7 Å². The van der Waals surface area contributed by atoms with Gasteiger partial charge in [0.05, 0.1) is 5.56 Å². The molecular weight excluding hydrogens is 407 g/mol. The van der Waals surface area contributed by atoms with Gasteiger partial charge in [-0.3, -0.25) is 5.32 Å². The smallest absolute Gasteiger partial charge is 0.416 e. The summed E-state index contributed by atoms with van der Waals surface area (Å²) >= 11 is 5.85. The second kappa shape index (κ2) is 8.83. The number of benzene rings is 2. The van der Waals surface area contributed by atoms with E-state index in [4.69, 9.17) is 16.3 Å². The summed E-state index contributed by atoms with van der Waals surface area (Å²) in [6.45, 7) is 0.234. The SMILES string of the molecule is O=C(Nc1ccc(C(F)(F)F)cc1)Nc1ncccc1OCc1ccc(Cl)cc1. The van der Waals surface area contributed by atoms with Gasteiger partial charge in [-0.15, -0.1) is 0 Å². The summed E-state index contributed by atoms with van der Waals surface area (Å²) in [6.07, 6.45) is -2.96. The number of halogens is 4. The van der Waals surface area contributed by atoms with Crippen molar-refractivity contribution in [1.29, 1.82) is 0 Å². The van der Waals surface area contributed by atoms with Crippen LogP contribution in [0, 0.1) is 0 Å². The van der Waals surface area contributed by atoms with Gasteiger partial charge in [0.2, 0.25) is 0 Å². The minimum atomic E-state index is -4.44. The molecule has 9 heteroatoms. The van der Waals surface area contributed by atoms with E-state index in [2.05, 4.69) is 15.6 Å². The average Bonchev–Trinajstić information content (AvgIpc) is 2.68. The van der Waals surface area contributed by atoms with E-state index in [1.54, 1.807) is 24.3 Å². The zero-order valence-corrected chi connectivity index (χ0v) is 15.6. The number of ether oxygens (including phenoxy) is 1. The van der Waals surface area contributed by atoms with Crippen LogP contribution in [0.2, 0.25) is 5.02 Å². The lowest BCUT2D eigenvalue weighted by Gasteiger charge is -2.13. The fourth-order valence-corrected chi connectivity index (χ4v) is 2.48. The highest BCUT2D eigenvalue weighted by atomic mass is 35.5. The quantitative estimate of drug-likeness (QED) is 0.533. The van der Waals surface area contributed by atoms with Crippen molar-refractivity contribution in [2.75, 3.05) is 10.6 Å². The molecule has 0 fully saturated rings. The van der Waals surface area contributed by atoms with Crippen molar-refractivity contribution in [3.63, 3.8) is 0 Å². The van der Waals surface area contributed by atoms with Gasteiger partial charge in [-0.2, -0.15) is 13.2 Å². The molecule has 2 amide bonds. The lowest BCUT2D eigenvalue weighted by Crippen LogP contribution is -2.20. The minimum absolute atomic E-state index is 0.172. The Kier molecular flexibility index (Phi) is 6.23. The highest BCUT2D eigenvalue weighted by molar-refractivity contribution is 6.30. The molecule has 0 radical (unpaired) electrons. The molecule has 2 aromatic carbocycles. The van der Waals surface area contributed by atoms with Gasteiger partial charge in [0.1, 0.15) is 6.61 Å². The van der Waals surface area contributed by atoms with Gasteiger partial charge in [0.25, 0.3) is 0 Å². The number of rotatable bonds is 5. The zero-order chi connectivity index (χ0) is 20.9. The number of carbonyl (C=O) groups excluding carboxylic acids is 1. The Hall–Kier alpha value is -3.26. The van der Waals surface area contributed by atoms with Crippen LogP contribution in [0.3, 0.4) is 0 Å². The molecule has 2 N–H and O–H groups in total. The molecule has 3 rings (SSSR count). The van der Waals surface area contributed by atoms with Crippen molar-refractivity contribution in [3.8, 4) is 5.75 Å². The lowest BCUT2D eigenvalue weighted by molar-refractivity contribution is -0.137. The highest BCUT2D eigenvalue weighted by Gasteiger charge is 2.30. The summed E-state index contributed by atoms with van der Waals surface area (Å²) < 4.78 is 43.5. The molecule has 0 unspecified atom stereocenters. The van der Waals surface area contributed by atoms with Crippen molar-refractivity contribution in [2.45, 2.75) is 12.8 Å². The van der Waals surface area contributed by atoms with Gasteiger partial charge < -0.3 is 10.1 Å². The molecule has 0 spiro atoms. The maximum atomic E-state index is 12.6. The number of nitrogens with one attached hydrogen (secondary N) is 2. The predicted molar refractivity (Wildman–Crippen MR) is 104 cm³/mol. The van der Waals surface area contributed by atoms with Crippen LogP contribution in [-0.4, -0.2) is 11.0 Å². The first-order chi connectivity index (χ1) is 13.8. The summed E-state index contributed by atoms with van der Waals surface area (Å²) in [6, 6.07) is 13.8. The molecular formula is C20H15ClF3N3O2. The molecule has 3 aromatic rings. The predicted octanol–water partition coefficient (Wildman–Crippen LogP) is 5.98. The van der Waals surface area contributed by atoms with Crippen LogP contribution in [0.15, 0.2) is 66.9 Å². The number of nitrogens with zero attached hydrogens (tertiary/aromatic N) is 1. The Morgan fingerprint density at radius 1 is 1.00 bits per heavy atom. The third-order valence-electron chi connectivity index (χ3n) is 3.78. The van der Waals surface area contributed by atoms with Crippen LogP contribution < -0.4 is 15.4 Å². The number of aromatic nitrogens is 1. The number of pyridine rings is 1. The second-order valence-electron chi connectivity index (χ2n) is 5.92. The average molecular weight is 422 g/mol. The molecule has 0 aliphatic rings. The third-order valence-corrected chi connectivity index (χ3v) is 4.03. The number of hydrogen-bond donors (Lipinski definition) is 2. The van der Waals surface area contributed by atoms with Crippen LogP contribution in [0.4, 0.5) is 29.5 Å². The van der Waals surface area contributed by atoms with E-state index in [0.29, 0.717) is 10.8 Å². The van der Waals surface area contributed by atoms with Crippen molar-refractivity contribution in [3.05, 3.63) is 83.0 Å². The van der Waals surface area contributed by atoms with Crippen molar-refractivity contribution in [2.24, 2.45) is 0 Å². The molecule has 0 saturated heterocycles. The second-order valence-corrected chi connectivity index (χ2v) is 6.36. The summed E-state index contributed by atoms with van der Waals surface area (Å²) in [4.78, 5) is 16.2. The fraction of sp³-hybridized carbons (Fsp3) is 0.100. The zero-order valence-electron chi connectivity index (χ0n) is 14.8. The Morgan fingerprint density at radius 2 is 1.69 bits per heavy atom. The molecule has 0 atom stereocenters. The third kappa shape index (κ3) is 5.86. The molecule has 29 heavy (non-hydrogen) atoms. The first-order valence-electron chi connectivity index (χ1n) is 8.39. The van der Waals surface area contributed by atoms with Crippen LogP contribution in [-0.2, 0) is 12.8 Å². The molecule has 5 nitrogen and oxygen atoms in total. The van der Waals surface area contributed by atoms with E-state index in [1.807, 2.05) is 12.1 Å². The summed E-state index contributed by atoms with van der Waals surface area (Å²) in [7, 11) is 0. The Balaban J connectivity index is 1.62. The molecule has 150 valence electrons. The summed E-state index contributed by atoms with van der Waals surface area (Å²) in [5.41, 5.74) is 0.277. The van der Waals surface area contributed by atoms with E-state index < -0.39 is 17.8 Å². The molecule has 0 bridgehead atoms. The fourth-order valence-electron chi connectivity index (χ4n) is 2.36. The van der Waals surface area contributed by atoms with Gasteiger partial charge in [0, 0.05) is 16.9 Å². The number of hydrogen-bond acceptors (Lipinski definition) is 3. The Labute approximate surface area is 169 Å². The molecule has 1 heterocycles. The number of urea groups is 1. The van der Waals surface area contributed by atoms with E-state index in [1.165, 1.54) is 18.3 Å². The van der Waals surface area contributed by atoms with Crippen LogP contribution in [0.5, 0.6) is 5.75 Å². The van der Waals surface area contributed by atoms with Crippen LogP contribution >= 0.6 is 11.6 Å². The number of carbonyl (C=O) groups is 1. The number of amides is 2. The first-order valence-corrected chi connectivity index (χ1v) is 8.76. The van der Waals surface area contributed by atoms with Gasteiger partial charge in [0.15, 0.2) is 11.6 Å². The van der Waals surface area contributed by atoms with Gasteiger partial charge in [-0.1, -0.05) is 23.7 Å². The normalized spacial score (nSPS) is 11.0. The molecule has 0 aliphatic carbocycles. The Bertz CT molecular complexity index is 978. The van der Waals surface area contributed by atoms with E-state index in [0.717, 1.165) is 17.7 Å². The van der Waals surface area contributed by atoms with E-state index in [9.17, 15) is 18.0 Å². The van der Waals surface area contributed by atoms with Crippen LogP contribution in [0.1, 0.15) is 11.1 Å².